The summed E-state index contributed by atoms with van der Waals surface area (Å²) in [5.74, 6) is 1.79. The van der Waals surface area contributed by atoms with Crippen LogP contribution in [0.3, 0.4) is 0 Å². The molecule has 4 rings (SSSR count). The molecule has 0 unspecified atom stereocenters. The standard InChI is InChI=1S/C29H31N5O2/c1-4-5-18-36-26-16-8-22(9-17-26)28(35)32-24-12-14-25(15-13-24)33-29-30-21(3)19-27(34-29)31-23-10-6-20(2)7-11-23/h6-17,19H,4-5,18H2,1-3H3,(H,32,35)(H2,30,31,33,34). The number of nitrogens with one attached hydrogen (secondary N) is 3. The summed E-state index contributed by atoms with van der Waals surface area (Å²) in [5.41, 5.74) is 5.08. The number of nitrogens with zero attached hydrogens (tertiary/aromatic N) is 2. The molecule has 7 heteroatoms. The number of unbranched alkanes of at least 4 members (excludes halogenated alkanes) is 1. The average molecular weight is 482 g/mol. The lowest BCUT2D eigenvalue weighted by atomic mass is 10.2. The maximum Gasteiger partial charge on any atom is 0.255 e. The topological polar surface area (TPSA) is 88.2 Å². The van der Waals surface area contributed by atoms with Crippen molar-refractivity contribution in [3.63, 3.8) is 0 Å². The summed E-state index contributed by atoms with van der Waals surface area (Å²) in [5, 5.41) is 9.47. The average Bonchev–Trinajstić information content (AvgIpc) is 2.87. The summed E-state index contributed by atoms with van der Waals surface area (Å²) in [6, 6.07) is 24.6. The van der Waals surface area contributed by atoms with Gasteiger partial charge in [0, 0.05) is 34.4 Å². The number of carbonyl (C=O) groups excluding carboxylic acids is 1. The fourth-order valence-corrected chi connectivity index (χ4v) is 3.48. The number of anilines is 5. The highest BCUT2D eigenvalue weighted by atomic mass is 16.5. The molecule has 3 N–H and O–H groups in total. The molecule has 7 nitrogen and oxygen atoms in total. The number of aromatic nitrogens is 2. The van der Waals surface area contributed by atoms with Gasteiger partial charge in [0.15, 0.2) is 0 Å². The molecule has 0 aliphatic rings. The van der Waals surface area contributed by atoms with E-state index in [-0.39, 0.29) is 5.91 Å². The lowest BCUT2D eigenvalue weighted by Gasteiger charge is -2.11. The summed E-state index contributed by atoms with van der Waals surface area (Å²) in [4.78, 5) is 21.7. The number of amides is 1. The molecule has 1 aromatic heterocycles. The van der Waals surface area contributed by atoms with Crippen LogP contribution in [0.1, 0.15) is 41.4 Å². The fraction of sp³-hybridized carbons (Fsp3) is 0.207. The van der Waals surface area contributed by atoms with Gasteiger partial charge in [-0.25, -0.2) is 4.98 Å². The van der Waals surface area contributed by atoms with Gasteiger partial charge in [0.1, 0.15) is 11.6 Å². The van der Waals surface area contributed by atoms with Crippen LogP contribution in [0.15, 0.2) is 78.9 Å². The molecule has 4 aromatic rings. The first-order valence-electron chi connectivity index (χ1n) is 12.1. The van der Waals surface area contributed by atoms with E-state index < -0.39 is 0 Å². The van der Waals surface area contributed by atoms with Crippen LogP contribution in [-0.2, 0) is 0 Å². The van der Waals surface area contributed by atoms with Crippen LogP contribution in [0.25, 0.3) is 0 Å². The first kappa shape index (κ1) is 24.7. The first-order chi connectivity index (χ1) is 17.5. The molecule has 1 heterocycles. The Morgan fingerprint density at radius 2 is 1.44 bits per heavy atom. The van der Waals surface area contributed by atoms with Gasteiger partial charge in [-0.15, -0.1) is 0 Å². The number of rotatable bonds is 10. The lowest BCUT2D eigenvalue weighted by Crippen LogP contribution is -2.11. The summed E-state index contributed by atoms with van der Waals surface area (Å²) < 4.78 is 5.66. The Balaban J connectivity index is 1.35. The zero-order valence-electron chi connectivity index (χ0n) is 20.8. The van der Waals surface area contributed by atoms with E-state index in [4.69, 9.17) is 4.74 Å². The maximum atomic E-state index is 12.6. The van der Waals surface area contributed by atoms with Gasteiger partial charge in [-0.1, -0.05) is 31.0 Å². The van der Waals surface area contributed by atoms with Crippen molar-refractivity contribution >= 4 is 34.7 Å². The molecule has 0 spiro atoms. The molecule has 0 radical (unpaired) electrons. The van der Waals surface area contributed by atoms with E-state index in [0.29, 0.717) is 29.6 Å². The Bertz CT molecular complexity index is 1290. The molecule has 184 valence electrons. The van der Waals surface area contributed by atoms with Crippen molar-refractivity contribution in [1.29, 1.82) is 0 Å². The predicted molar refractivity (Wildman–Crippen MR) is 146 cm³/mol. The van der Waals surface area contributed by atoms with Crippen molar-refractivity contribution in [2.75, 3.05) is 22.6 Å². The van der Waals surface area contributed by atoms with Crippen molar-refractivity contribution in [3.8, 4) is 5.75 Å². The molecular weight excluding hydrogens is 450 g/mol. The van der Waals surface area contributed by atoms with Gasteiger partial charge in [0.2, 0.25) is 5.95 Å². The van der Waals surface area contributed by atoms with Crippen LogP contribution in [0.5, 0.6) is 5.75 Å². The summed E-state index contributed by atoms with van der Waals surface area (Å²) in [7, 11) is 0. The number of carbonyl (C=O) groups is 1. The summed E-state index contributed by atoms with van der Waals surface area (Å²) in [6.07, 6.45) is 2.09. The third-order valence-corrected chi connectivity index (χ3v) is 5.46. The smallest absolute Gasteiger partial charge is 0.255 e. The minimum absolute atomic E-state index is 0.176. The van der Waals surface area contributed by atoms with E-state index in [1.165, 1.54) is 5.56 Å². The van der Waals surface area contributed by atoms with Gasteiger partial charge in [-0.2, -0.15) is 4.98 Å². The van der Waals surface area contributed by atoms with E-state index in [9.17, 15) is 4.79 Å². The fourth-order valence-electron chi connectivity index (χ4n) is 3.48. The number of ether oxygens (including phenoxy) is 1. The molecular formula is C29H31N5O2. The van der Waals surface area contributed by atoms with Crippen molar-refractivity contribution in [3.05, 3.63) is 95.7 Å². The van der Waals surface area contributed by atoms with E-state index in [1.807, 2.05) is 73.7 Å². The molecule has 0 aliphatic carbocycles. The van der Waals surface area contributed by atoms with E-state index >= 15 is 0 Å². The summed E-state index contributed by atoms with van der Waals surface area (Å²) >= 11 is 0. The van der Waals surface area contributed by atoms with Crippen LogP contribution < -0.4 is 20.7 Å². The van der Waals surface area contributed by atoms with Gasteiger partial charge in [-0.05, 0) is 80.9 Å². The minimum atomic E-state index is -0.176. The lowest BCUT2D eigenvalue weighted by molar-refractivity contribution is 0.102. The highest BCUT2D eigenvalue weighted by Crippen LogP contribution is 2.21. The zero-order chi connectivity index (χ0) is 25.3. The zero-order valence-corrected chi connectivity index (χ0v) is 20.8. The minimum Gasteiger partial charge on any atom is -0.494 e. The van der Waals surface area contributed by atoms with Crippen molar-refractivity contribution in [2.24, 2.45) is 0 Å². The van der Waals surface area contributed by atoms with Gasteiger partial charge in [0.25, 0.3) is 5.91 Å². The SMILES string of the molecule is CCCCOc1ccc(C(=O)Nc2ccc(Nc3nc(C)cc(Nc4ccc(C)cc4)n3)cc2)cc1. The largest absolute Gasteiger partial charge is 0.494 e. The molecule has 36 heavy (non-hydrogen) atoms. The third kappa shape index (κ3) is 7.06. The number of hydrogen-bond donors (Lipinski definition) is 3. The van der Waals surface area contributed by atoms with Crippen LogP contribution in [-0.4, -0.2) is 22.5 Å². The van der Waals surface area contributed by atoms with E-state index in [1.54, 1.807) is 12.1 Å². The Hall–Kier alpha value is -4.39. The quantitative estimate of drug-likeness (QED) is 0.211. The maximum absolute atomic E-state index is 12.6. The molecule has 0 aliphatic heterocycles. The molecule has 0 atom stereocenters. The first-order valence-corrected chi connectivity index (χ1v) is 12.1. The summed E-state index contributed by atoms with van der Waals surface area (Å²) in [6.45, 7) is 6.78. The predicted octanol–water partition coefficient (Wildman–Crippen LogP) is 7.01. The number of benzene rings is 3. The van der Waals surface area contributed by atoms with Gasteiger partial charge >= 0.3 is 0 Å². The third-order valence-electron chi connectivity index (χ3n) is 5.46. The van der Waals surface area contributed by atoms with Gasteiger partial charge in [0.05, 0.1) is 6.61 Å². The van der Waals surface area contributed by atoms with Crippen molar-refractivity contribution in [1.82, 2.24) is 9.97 Å². The Morgan fingerprint density at radius 3 is 2.14 bits per heavy atom. The highest BCUT2D eigenvalue weighted by Gasteiger charge is 2.08. The molecule has 3 aromatic carbocycles. The molecule has 0 bridgehead atoms. The van der Waals surface area contributed by atoms with Crippen molar-refractivity contribution < 1.29 is 9.53 Å². The number of hydrogen-bond acceptors (Lipinski definition) is 6. The highest BCUT2D eigenvalue weighted by molar-refractivity contribution is 6.04. The van der Waals surface area contributed by atoms with Crippen LogP contribution in [0.4, 0.5) is 28.8 Å². The second kappa shape index (κ2) is 11.8. The Morgan fingerprint density at radius 1 is 0.806 bits per heavy atom. The van der Waals surface area contributed by atoms with Gasteiger partial charge < -0.3 is 20.7 Å². The Kier molecular flexibility index (Phi) is 8.13. The molecule has 0 fully saturated rings. The monoisotopic (exact) mass is 481 g/mol. The van der Waals surface area contributed by atoms with E-state index in [0.717, 1.165) is 35.7 Å². The van der Waals surface area contributed by atoms with Crippen LogP contribution in [0.2, 0.25) is 0 Å². The Labute approximate surface area is 212 Å². The number of aryl methyl sites for hydroxylation is 2. The van der Waals surface area contributed by atoms with E-state index in [2.05, 4.69) is 39.8 Å². The van der Waals surface area contributed by atoms with Crippen molar-refractivity contribution in [2.45, 2.75) is 33.6 Å². The van der Waals surface area contributed by atoms with Crippen LogP contribution >= 0.6 is 0 Å². The van der Waals surface area contributed by atoms with Crippen LogP contribution in [0, 0.1) is 13.8 Å². The van der Waals surface area contributed by atoms with Gasteiger partial charge in [-0.3, -0.25) is 4.79 Å². The molecule has 0 saturated carbocycles. The normalized spacial score (nSPS) is 10.5. The molecule has 0 saturated heterocycles. The second-order valence-electron chi connectivity index (χ2n) is 8.59. The molecule has 1 amide bonds. The second-order valence-corrected chi connectivity index (χ2v) is 8.59.